The van der Waals surface area contributed by atoms with Crippen molar-refractivity contribution in [2.75, 3.05) is 18.9 Å². The fourth-order valence-electron chi connectivity index (χ4n) is 2.57. The maximum absolute atomic E-state index is 12.9. The number of carbonyl (C=O) groups excluding carboxylic acids is 2. The van der Waals surface area contributed by atoms with Gasteiger partial charge in [-0.15, -0.1) is 11.3 Å². The molecule has 1 amide bonds. The summed E-state index contributed by atoms with van der Waals surface area (Å²) in [6.07, 6.45) is 9.38. The lowest BCUT2D eigenvalue weighted by Gasteiger charge is -2.27. The molecule has 6 nitrogen and oxygen atoms in total. The number of hydrogen-bond acceptors (Lipinski definition) is 6. The highest BCUT2D eigenvalue weighted by molar-refractivity contribution is 7.13. The van der Waals surface area contributed by atoms with E-state index in [-0.39, 0.29) is 5.91 Å². The molecule has 0 radical (unpaired) electrons. The molecule has 1 unspecified atom stereocenters. The van der Waals surface area contributed by atoms with Crippen molar-refractivity contribution >= 4 is 28.7 Å². The minimum absolute atomic E-state index is 0.175. The number of hydrogen-bond donors (Lipinski definition) is 1. The van der Waals surface area contributed by atoms with Gasteiger partial charge in [0.15, 0.2) is 5.13 Å². The Bertz CT molecular complexity index is 806. The van der Waals surface area contributed by atoms with Crippen LogP contribution in [0.2, 0.25) is 0 Å². The largest absolute Gasteiger partial charge is 0.301 e. The molecule has 2 heterocycles. The van der Waals surface area contributed by atoms with Crippen LogP contribution in [0.15, 0.2) is 72.6 Å². The SMILES string of the molecule is C=C/C(C=O)=C(\C=C)CN(C)C(Cc1cccnc1)C(=O)Nc1nccs1. The summed E-state index contributed by atoms with van der Waals surface area (Å²) < 4.78 is 0. The van der Waals surface area contributed by atoms with Crippen molar-refractivity contribution in [2.45, 2.75) is 12.5 Å². The summed E-state index contributed by atoms with van der Waals surface area (Å²) in [5.74, 6) is -0.175. The predicted octanol–water partition coefficient (Wildman–Crippen LogP) is 2.89. The van der Waals surface area contributed by atoms with Crippen LogP contribution in [-0.2, 0) is 16.0 Å². The fraction of sp³-hybridized carbons (Fsp3) is 0.200. The number of carbonyl (C=O) groups is 2. The van der Waals surface area contributed by atoms with E-state index in [2.05, 4.69) is 28.4 Å². The molecule has 0 aliphatic rings. The molecule has 2 aromatic heterocycles. The van der Waals surface area contributed by atoms with Gasteiger partial charge in [-0.25, -0.2) is 4.98 Å². The zero-order chi connectivity index (χ0) is 19.6. The first kappa shape index (κ1) is 20.4. The number of amides is 1. The molecule has 7 heteroatoms. The summed E-state index contributed by atoms with van der Waals surface area (Å²) in [6, 6.07) is 3.28. The van der Waals surface area contributed by atoms with Crippen LogP contribution in [0, 0.1) is 0 Å². The molecule has 0 fully saturated rings. The maximum atomic E-state index is 12.9. The third-order valence-corrected chi connectivity index (χ3v) is 4.72. The van der Waals surface area contributed by atoms with E-state index in [0.29, 0.717) is 29.2 Å². The average molecular weight is 382 g/mol. The first-order valence-electron chi connectivity index (χ1n) is 8.31. The van der Waals surface area contributed by atoms with Crippen LogP contribution in [-0.4, -0.2) is 46.7 Å². The molecule has 27 heavy (non-hydrogen) atoms. The molecule has 1 N–H and O–H groups in total. The molecule has 0 spiro atoms. The second kappa shape index (κ2) is 10.3. The van der Waals surface area contributed by atoms with Crippen molar-refractivity contribution in [2.24, 2.45) is 0 Å². The molecule has 0 bridgehead atoms. The van der Waals surface area contributed by atoms with E-state index >= 15 is 0 Å². The zero-order valence-electron chi connectivity index (χ0n) is 15.2. The topological polar surface area (TPSA) is 75.2 Å². The van der Waals surface area contributed by atoms with Crippen LogP contribution in [0.5, 0.6) is 0 Å². The number of nitrogens with one attached hydrogen (secondary N) is 1. The molecule has 140 valence electrons. The Morgan fingerprint density at radius 1 is 1.37 bits per heavy atom. The number of thiazole rings is 1. The molecule has 0 saturated heterocycles. The van der Waals surface area contributed by atoms with E-state index in [4.69, 9.17) is 0 Å². The van der Waals surface area contributed by atoms with Crippen molar-refractivity contribution < 1.29 is 9.59 Å². The summed E-state index contributed by atoms with van der Waals surface area (Å²) in [4.78, 5) is 34.2. The normalized spacial score (nSPS) is 12.8. The van der Waals surface area contributed by atoms with Gasteiger partial charge in [-0.2, -0.15) is 0 Å². The van der Waals surface area contributed by atoms with Gasteiger partial charge >= 0.3 is 0 Å². The summed E-state index contributed by atoms with van der Waals surface area (Å²) >= 11 is 1.36. The second-order valence-electron chi connectivity index (χ2n) is 5.83. The summed E-state index contributed by atoms with van der Waals surface area (Å²) in [6.45, 7) is 7.80. The number of rotatable bonds is 10. The number of aldehydes is 1. The number of pyridine rings is 1. The van der Waals surface area contributed by atoms with Crippen molar-refractivity contribution in [1.29, 1.82) is 0 Å². The highest BCUT2D eigenvalue weighted by Crippen LogP contribution is 2.16. The second-order valence-corrected chi connectivity index (χ2v) is 6.72. The molecule has 0 aliphatic heterocycles. The van der Waals surface area contributed by atoms with E-state index in [0.717, 1.165) is 11.8 Å². The number of aromatic nitrogens is 2. The Morgan fingerprint density at radius 3 is 2.74 bits per heavy atom. The fourth-order valence-corrected chi connectivity index (χ4v) is 3.10. The molecule has 2 rings (SSSR count). The predicted molar refractivity (Wildman–Crippen MR) is 109 cm³/mol. The Balaban J connectivity index is 2.25. The standard InChI is InChI=1S/C20H22N4O2S/c1-4-16(17(5-2)14-25)13-24(3)18(11-15-7-6-8-21-12-15)19(26)23-20-22-9-10-27-20/h4-10,12,14,18H,1-2,11,13H2,3H3,(H,22,23,26)/b17-16-. The number of anilines is 1. The maximum Gasteiger partial charge on any atom is 0.243 e. The van der Waals surface area contributed by atoms with Gasteiger partial charge in [-0.05, 0) is 30.7 Å². The molecule has 2 aromatic rings. The van der Waals surface area contributed by atoms with Gasteiger partial charge < -0.3 is 5.32 Å². The van der Waals surface area contributed by atoms with Gasteiger partial charge in [0, 0.05) is 36.1 Å². The first-order chi connectivity index (χ1) is 13.1. The Morgan fingerprint density at radius 2 is 2.19 bits per heavy atom. The van der Waals surface area contributed by atoms with Crippen molar-refractivity contribution in [3.05, 3.63) is 78.1 Å². The van der Waals surface area contributed by atoms with Gasteiger partial charge in [0.2, 0.25) is 5.91 Å². The Kier molecular flexibility index (Phi) is 7.79. The van der Waals surface area contributed by atoms with Crippen LogP contribution in [0.25, 0.3) is 0 Å². The molecule has 0 aliphatic carbocycles. The highest BCUT2D eigenvalue weighted by atomic mass is 32.1. The van der Waals surface area contributed by atoms with E-state index < -0.39 is 6.04 Å². The van der Waals surface area contributed by atoms with E-state index in [1.807, 2.05) is 24.1 Å². The van der Waals surface area contributed by atoms with Gasteiger partial charge in [-0.1, -0.05) is 31.4 Å². The van der Waals surface area contributed by atoms with Crippen molar-refractivity contribution in [3.8, 4) is 0 Å². The smallest absolute Gasteiger partial charge is 0.243 e. The molecule has 0 saturated carbocycles. The minimum atomic E-state index is -0.481. The minimum Gasteiger partial charge on any atom is -0.301 e. The lowest BCUT2D eigenvalue weighted by molar-refractivity contribution is -0.120. The van der Waals surface area contributed by atoms with E-state index in [1.165, 1.54) is 17.4 Å². The van der Waals surface area contributed by atoms with Crippen molar-refractivity contribution in [3.63, 3.8) is 0 Å². The third kappa shape index (κ3) is 5.80. The molecular weight excluding hydrogens is 360 g/mol. The van der Waals surface area contributed by atoms with Crippen LogP contribution in [0.1, 0.15) is 5.56 Å². The van der Waals surface area contributed by atoms with E-state index in [1.54, 1.807) is 30.0 Å². The molecular formula is C20H22N4O2S. The summed E-state index contributed by atoms with van der Waals surface area (Å²) in [5, 5.41) is 5.19. The first-order valence-corrected chi connectivity index (χ1v) is 9.19. The molecule has 1 atom stereocenters. The summed E-state index contributed by atoms with van der Waals surface area (Å²) in [5.41, 5.74) is 2.10. The monoisotopic (exact) mass is 382 g/mol. The number of likely N-dealkylation sites (N-methyl/N-ethyl adjacent to an activating group) is 1. The zero-order valence-corrected chi connectivity index (χ0v) is 16.0. The number of allylic oxidation sites excluding steroid dienone is 2. The number of nitrogens with zero attached hydrogens (tertiary/aromatic N) is 3. The van der Waals surface area contributed by atoms with Gasteiger partial charge in [0.05, 0.1) is 6.04 Å². The quantitative estimate of drug-likeness (QED) is 0.388. The lowest BCUT2D eigenvalue weighted by atomic mass is 10.0. The van der Waals surface area contributed by atoms with Crippen LogP contribution >= 0.6 is 11.3 Å². The highest BCUT2D eigenvalue weighted by Gasteiger charge is 2.25. The van der Waals surface area contributed by atoms with Crippen LogP contribution in [0.4, 0.5) is 5.13 Å². The third-order valence-electron chi connectivity index (χ3n) is 4.03. The van der Waals surface area contributed by atoms with Gasteiger partial charge in [-0.3, -0.25) is 19.5 Å². The average Bonchev–Trinajstić information content (AvgIpc) is 3.19. The Hall–Kier alpha value is -2.90. The summed E-state index contributed by atoms with van der Waals surface area (Å²) in [7, 11) is 1.83. The van der Waals surface area contributed by atoms with Gasteiger partial charge in [0.1, 0.15) is 6.29 Å². The Labute approximate surface area is 163 Å². The van der Waals surface area contributed by atoms with Crippen LogP contribution < -0.4 is 5.32 Å². The molecule has 0 aromatic carbocycles. The lowest BCUT2D eigenvalue weighted by Crippen LogP contribution is -2.44. The van der Waals surface area contributed by atoms with E-state index in [9.17, 15) is 9.59 Å². The van der Waals surface area contributed by atoms with Gasteiger partial charge in [0.25, 0.3) is 0 Å². The van der Waals surface area contributed by atoms with Crippen LogP contribution in [0.3, 0.4) is 0 Å². The van der Waals surface area contributed by atoms with Crippen molar-refractivity contribution in [1.82, 2.24) is 14.9 Å².